The number of hydrogen-bond acceptors (Lipinski definition) is 5. The van der Waals surface area contributed by atoms with Crippen LogP contribution in [0.15, 0.2) is 77.3 Å². The molecular weight excluding hydrogens is 446 g/mol. The normalized spacial score (nSPS) is 18.1. The molecule has 3 heterocycles. The Morgan fingerprint density at radius 1 is 1.10 bits per heavy atom. The number of aliphatic hydroxyl groups is 1. The standard InChI is InChI=1S/C23H18BrN3O3/c1-14-10-16(6-7-18(14)24)21(28)19-20(17-5-3-9-26-12-17)27(23(30)22(19)29)13-15-4-2-8-25-11-15/h2-12,20,28H,13H2,1H3/b21-19-. The van der Waals surface area contributed by atoms with Crippen LogP contribution in [0.1, 0.15) is 28.3 Å². The number of halogens is 1. The molecule has 1 amide bonds. The third-order valence-corrected chi connectivity index (χ3v) is 5.94. The largest absolute Gasteiger partial charge is 0.507 e. The van der Waals surface area contributed by atoms with Crippen molar-refractivity contribution < 1.29 is 14.7 Å². The summed E-state index contributed by atoms with van der Waals surface area (Å²) < 4.78 is 0.889. The summed E-state index contributed by atoms with van der Waals surface area (Å²) in [5.74, 6) is -1.58. The Hall–Kier alpha value is -3.32. The molecule has 1 aliphatic heterocycles. The number of pyridine rings is 2. The van der Waals surface area contributed by atoms with Crippen molar-refractivity contribution >= 4 is 33.4 Å². The molecule has 0 saturated carbocycles. The molecular formula is C23H18BrN3O3. The smallest absolute Gasteiger partial charge is 0.295 e. The number of carbonyl (C=O) groups is 2. The number of rotatable bonds is 4. The average Bonchev–Trinajstić information content (AvgIpc) is 3.01. The van der Waals surface area contributed by atoms with Crippen molar-refractivity contribution in [2.45, 2.75) is 19.5 Å². The first-order chi connectivity index (χ1) is 14.5. The summed E-state index contributed by atoms with van der Waals surface area (Å²) in [6, 6.07) is 11.7. The van der Waals surface area contributed by atoms with Gasteiger partial charge in [0.15, 0.2) is 0 Å². The molecule has 1 unspecified atom stereocenters. The Morgan fingerprint density at radius 2 is 1.83 bits per heavy atom. The zero-order chi connectivity index (χ0) is 21.3. The number of amides is 1. The van der Waals surface area contributed by atoms with Gasteiger partial charge in [0.05, 0.1) is 11.6 Å². The number of aliphatic hydroxyl groups excluding tert-OH is 1. The van der Waals surface area contributed by atoms with E-state index in [2.05, 4.69) is 25.9 Å². The molecule has 1 aliphatic rings. The molecule has 4 rings (SSSR count). The third-order valence-electron chi connectivity index (χ3n) is 5.05. The number of likely N-dealkylation sites (tertiary alicyclic amines) is 1. The van der Waals surface area contributed by atoms with Crippen molar-refractivity contribution in [3.05, 3.63) is 99.6 Å². The number of benzene rings is 1. The Kier molecular flexibility index (Phi) is 5.46. The zero-order valence-corrected chi connectivity index (χ0v) is 17.7. The fourth-order valence-electron chi connectivity index (χ4n) is 3.56. The second kappa shape index (κ2) is 8.20. The fourth-order valence-corrected chi connectivity index (χ4v) is 3.81. The van der Waals surface area contributed by atoms with E-state index >= 15 is 0 Å². The minimum absolute atomic E-state index is 0.0543. The van der Waals surface area contributed by atoms with Crippen LogP contribution in [0, 0.1) is 6.92 Å². The van der Waals surface area contributed by atoms with Gasteiger partial charge < -0.3 is 10.0 Å². The molecule has 150 valence electrons. The van der Waals surface area contributed by atoms with Crippen LogP contribution in [0.2, 0.25) is 0 Å². The maximum absolute atomic E-state index is 13.0. The molecule has 3 aromatic rings. The Morgan fingerprint density at radius 3 is 2.47 bits per heavy atom. The van der Waals surface area contributed by atoms with E-state index in [1.54, 1.807) is 61.2 Å². The molecule has 0 radical (unpaired) electrons. The Bertz CT molecular complexity index is 1150. The van der Waals surface area contributed by atoms with Crippen LogP contribution in [-0.2, 0) is 16.1 Å². The van der Waals surface area contributed by atoms with Crippen LogP contribution < -0.4 is 0 Å². The third kappa shape index (κ3) is 3.64. The van der Waals surface area contributed by atoms with Crippen LogP contribution in [0.5, 0.6) is 0 Å². The van der Waals surface area contributed by atoms with Crippen molar-refractivity contribution in [3.8, 4) is 0 Å². The van der Waals surface area contributed by atoms with Gasteiger partial charge >= 0.3 is 0 Å². The predicted octanol–water partition coefficient (Wildman–Crippen LogP) is 4.17. The van der Waals surface area contributed by atoms with E-state index in [9.17, 15) is 14.7 Å². The molecule has 1 aromatic carbocycles. The topological polar surface area (TPSA) is 83.4 Å². The predicted molar refractivity (Wildman–Crippen MR) is 115 cm³/mol. The quantitative estimate of drug-likeness (QED) is 0.356. The molecule has 30 heavy (non-hydrogen) atoms. The van der Waals surface area contributed by atoms with Crippen molar-refractivity contribution in [1.82, 2.24) is 14.9 Å². The highest BCUT2D eigenvalue weighted by atomic mass is 79.9. The minimum atomic E-state index is -0.747. The van der Waals surface area contributed by atoms with Crippen LogP contribution in [0.25, 0.3) is 5.76 Å². The molecule has 2 aromatic heterocycles. The SMILES string of the molecule is Cc1cc(/C(O)=C2/C(=O)C(=O)N(Cc3cccnc3)C2c2cccnc2)ccc1Br. The van der Waals surface area contributed by atoms with Crippen molar-refractivity contribution in [1.29, 1.82) is 0 Å². The van der Waals surface area contributed by atoms with Crippen molar-refractivity contribution in [3.63, 3.8) is 0 Å². The molecule has 1 atom stereocenters. The lowest BCUT2D eigenvalue weighted by Gasteiger charge is -2.25. The average molecular weight is 464 g/mol. The second-order valence-corrected chi connectivity index (χ2v) is 7.89. The fraction of sp³-hybridized carbons (Fsp3) is 0.130. The van der Waals surface area contributed by atoms with Crippen molar-refractivity contribution in [2.24, 2.45) is 0 Å². The number of aromatic nitrogens is 2. The lowest BCUT2D eigenvalue weighted by atomic mass is 9.95. The van der Waals surface area contributed by atoms with Crippen LogP contribution in [0.3, 0.4) is 0 Å². The maximum Gasteiger partial charge on any atom is 0.295 e. The molecule has 0 spiro atoms. The number of nitrogens with zero attached hydrogens (tertiary/aromatic N) is 3. The first-order valence-electron chi connectivity index (χ1n) is 9.31. The first-order valence-corrected chi connectivity index (χ1v) is 10.1. The minimum Gasteiger partial charge on any atom is -0.507 e. The summed E-state index contributed by atoms with van der Waals surface area (Å²) in [6.07, 6.45) is 6.52. The molecule has 6 nitrogen and oxygen atoms in total. The van der Waals surface area contributed by atoms with E-state index in [0.29, 0.717) is 11.1 Å². The first kappa shape index (κ1) is 20.0. The number of carbonyl (C=O) groups excluding carboxylic acids is 2. The van der Waals surface area contributed by atoms with E-state index in [1.165, 1.54) is 4.90 Å². The lowest BCUT2D eigenvalue weighted by Crippen LogP contribution is -2.29. The Labute approximate surface area is 182 Å². The van der Waals surface area contributed by atoms with Crippen LogP contribution >= 0.6 is 15.9 Å². The maximum atomic E-state index is 13.0. The van der Waals surface area contributed by atoms with Gasteiger partial charge in [-0.1, -0.05) is 34.1 Å². The van der Waals surface area contributed by atoms with Gasteiger partial charge in [-0.25, -0.2) is 0 Å². The van der Waals surface area contributed by atoms with Gasteiger partial charge in [0.25, 0.3) is 11.7 Å². The summed E-state index contributed by atoms with van der Waals surface area (Å²) in [5, 5.41) is 11.1. The summed E-state index contributed by atoms with van der Waals surface area (Å²) >= 11 is 3.44. The molecule has 1 fully saturated rings. The summed E-state index contributed by atoms with van der Waals surface area (Å²) in [4.78, 5) is 35.6. The van der Waals surface area contributed by atoms with Crippen molar-refractivity contribution in [2.75, 3.05) is 0 Å². The summed E-state index contributed by atoms with van der Waals surface area (Å²) in [6.45, 7) is 2.08. The van der Waals surface area contributed by atoms with Gasteiger partial charge in [0.2, 0.25) is 0 Å². The van der Waals surface area contributed by atoms with Gasteiger partial charge in [-0.15, -0.1) is 0 Å². The zero-order valence-electron chi connectivity index (χ0n) is 16.1. The van der Waals surface area contributed by atoms with E-state index < -0.39 is 17.7 Å². The molecule has 7 heteroatoms. The number of Topliss-reactive ketones (excluding diaryl/α,β-unsaturated/α-hetero) is 1. The molecule has 1 N–H and O–H groups in total. The van der Waals surface area contributed by atoms with E-state index in [4.69, 9.17) is 0 Å². The molecule has 0 aliphatic carbocycles. The van der Waals surface area contributed by atoms with E-state index in [1.807, 2.05) is 13.0 Å². The van der Waals surface area contributed by atoms with Gasteiger partial charge in [0, 0.05) is 41.4 Å². The second-order valence-electron chi connectivity index (χ2n) is 7.04. The summed E-state index contributed by atoms with van der Waals surface area (Å²) in [7, 11) is 0. The highest BCUT2D eigenvalue weighted by Gasteiger charge is 2.46. The number of hydrogen-bond donors (Lipinski definition) is 1. The Balaban J connectivity index is 1.86. The van der Waals surface area contributed by atoms with Gasteiger partial charge in [-0.3, -0.25) is 19.6 Å². The highest BCUT2D eigenvalue weighted by molar-refractivity contribution is 9.10. The molecule has 1 saturated heterocycles. The van der Waals surface area contributed by atoms with Gasteiger partial charge in [-0.2, -0.15) is 0 Å². The van der Waals surface area contributed by atoms with Crippen LogP contribution in [-0.4, -0.2) is 31.7 Å². The van der Waals surface area contributed by atoms with E-state index in [-0.39, 0.29) is 17.9 Å². The van der Waals surface area contributed by atoms with E-state index in [0.717, 1.165) is 15.6 Å². The van der Waals surface area contributed by atoms with Gasteiger partial charge in [0.1, 0.15) is 5.76 Å². The number of ketones is 1. The van der Waals surface area contributed by atoms with Crippen LogP contribution in [0.4, 0.5) is 0 Å². The summed E-state index contributed by atoms with van der Waals surface area (Å²) in [5.41, 5.74) is 2.87. The highest BCUT2D eigenvalue weighted by Crippen LogP contribution is 2.40. The molecule has 0 bridgehead atoms. The lowest BCUT2D eigenvalue weighted by molar-refractivity contribution is -0.140. The number of aryl methyl sites for hydroxylation is 1. The monoisotopic (exact) mass is 463 g/mol. The van der Waals surface area contributed by atoms with Gasteiger partial charge in [-0.05, 0) is 47.9 Å².